The molecule has 0 aliphatic carbocycles. The molecule has 5 heteroatoms. The maximum atomic E-state index is 10.9. The highest BCUT2D eigenvalue weighted by atomic mass is 35.5. The molecular weight excluding hydrogens is 225 g/mol. The van der Waals surface area contributed by atoms with E-state index in [1.807, 2.05) is 0 Å². The molecule has 2 rings (SSSR count). The van der Waals surface area contributed by atoms with Gasteiger partial charge in [-0.25, -0.2) is 0 Å². The number of rotatable bonds is 1. The number of carboxylic acid groups (broad SMARTS) is 1. The Balaban J connectivity index is 2.54. The summed E-state index contributed by atoms with van der Waals surface area (Å²) in [7, 11) is 0. The summed E-state index contributed by atoms with van der Waals surface area (Å²) in [6.07, 6.45) is 0. The molecule has 0 aromatic heterocycles. The smallest absolute Gasteiger partial charge is 0.312 e. The van der Waals surface area contributed by atoms with Gasteiger partial charge in [0.2, 0.25) is 0 Å². The first-order chi connectivity index (χ1) is 6.59. The Morgan fingerprint density at radius 1 is 1.50 bits per heavy atom. The van der Waals surface area contributed by atoms with E-state index in [-0.39, 0.29) is 0 Å². The summed E-state index contributed by atoms with van der Waals surface area (Å²) in [5.41, 5.74) is 1.35. The van der Waals surface area contributed by atoms with E-state index in [1.54, 1.807) is 12.1 Å². The van der Waals surface area contributed by atoms with Crippen molar-refractivity contribution in [3.63, 3.8) is 0 Å². The fourth-order valence-corrected chi connectivity index (χ4v) is 2.17. The van der Waals surface area contributed by atoms with Crippen LogP contribution in [0.2, 0.25) is 10.0 Å². The molecule has 0 spiro atoms. The van der Waals surface area contributed by atoms with Crippen LogP contribution in [0.25, 0.3) is 0 Å². The average Bonchev–Trinajstić information content (AvgIpc) is 2.47. The number of anilines is 1. The van der Waals surface area contributed by atoms with Crippen LogP contribution in [0.1, 0.15) is 11.5 Å². The van der Waals surface area contributed by atoms with E-state index >= 15 is 0 Å². The molecule has 74 valence electrons. The number of hydrogen-bond donors (Lipinski definition) is 2. The van der Waals surface area contributed by atoms with Gasteiger partial charge in [-0.1, -0.05) is 23.2 Å². The predicted octanol–water partition coefficient (Wildman–Crippen LogP) is 2.59. The minimum absolute atomic E-state index is 0.366. The van der Waals surface area contributed by atoms with Crippen molar-refractivity contribution in [2.24, 2.45) is 0 Å². The minimum Gasteiger partial charge on any atom is -0.481 e. The lowest BCUT2D eigenvalue weighted by atomic mass is 10.0. The van der Waals surface area contributed by atoms with Gasteiger partial charge >= 0.3 is 5.97 Å². The van der Waals surface area contributed by atoms with E-state index in [0.29, 0.717) is 27.8 Å². The molecule has 2 N–H and O–H groups in total. The number of aliphatic carboxylic acids is 1. The number of carboxylic acids is 1. The molecule has 1 unspecified atom stereocenters. The average molecular weight is 232 g/mol. The zero-order valence-corrected chi connectivity index (χ0v) is 8.56. The number of halogens is 2. The third-order valence-electron chi connectivity index (χ3n) is 2.24. The van der Waals surface area contributed by atoms with Gasteiger partial charge in [-0.3, -0.25) is 4.79 Å². The van der Waals surface area contributed by atoms with E-state index < -0.39 is 11.9 Å². The molecule has 0 saturated heterocycles. The van der Waals surface area contributed by atoms with Gasteiger partial charge in [0.1, 0.15) is 5.92 Å². The summed E-state index contributed by atoms with van der Waals surface area (Å²) in [4.78, 5) is 10.9. The first kappa shape index (κ1) is 9.62. The zero-order valence-electron chi connectivity index (χ0n) is 7.05. The highest BCUT2D eigenvalue weighted by molar-refractivity contribution is 6.36. The van der Waals surface area contributed by atoms with Crippen molar-refractivity contribution in [3.8, 4) is 0 Å². The van der Waals surface area contributed by atoms with Crippen molar-refractivity contribution in [3.05, 3.63) is 27.7 Å². The maximum Gasteiger partial charge on any atom is 0.312 e. The quantitative estimate of drug-likeness (QED) is 0.782. The maximum absolute atomic E-state index is 10.9. The van der Waals surface area contributed by atoms with Crippen molar-refractivity contribution in [2.45, 2.75) is 5.92 Å². The summed E-state index contributed by atoms with van der Waals surface area (Å²) in [6.45, 7) is 0.366. The Morgan fingerprint density at radius 2 is 2.21 bits per heavy atom. The highest BCUT2D eigenvalue weighted by Crippen LogP contribution is 2.39. The fraction of sp³-hybridized carbons (Fsp3) is 0.222. The molecule has 0 bridgehead atoms. The van der Waals surface area contributed by atoms with Crippen molar-refractivity contribution >= 4 is 34.9 Å². The molecule has 1 atom stereocenters. The van der Waals surface area contributed by atoms with E-state index in [4.69, 9.17) is 28.3 Å². The topological polar surface area (TPSA) is 49.3 Å². The van der Waals surface area contributed by atoms with Crippen LogP contribution in [0.15, 0.2) is 12.1 Å². The molecule has 3 nitrogen and oxygen atoms in total. The van der Waals surface area contributed by atoms with Crippen LogP contribution in [0.4, 0.5) is 5.69 Å². The molecule has 14 heavy (non-hydrogen) atoms. The largest absolute Gasteiger partial charge is 0.481 e. The zero-order chi connectivity index (χ0) is 10.3. The van der Waals surface area contributed by atoms with Crippen LogP contribution in [-0.2, 0) is 4.79 Å². The van der Waals surface area contributed by atoms with Gasteiger partial charge in [0.25, 0.3) is 0 Å². The molecule has 0 fully saturated rings. The molecule has 1 aliphatic heterocycles. The van der Waals surface area contributed by atoms with Crippen LogP contribution in [0.5, 0.6) is 0 Å². The lowest BCUT2D eigenvalue weighted by Crippen LogP contribution is -2.13. The Labute approximate surface area is 90.6 Å². The molecule has 0 saturated carbocycles. The van der Waals surface area contributed by atoms with E-state index in [1.165, 1.54) is 0 Å². The standard InChI is InChI=1S/C9H7Cl2NO2/c10-4-1-5-6(9(13)14)3-12-8(5)7(11)2-4/h1-2,6,12H,3H2,(H,13,14). The minimum atomic E-state index is -0.866. The third-order valence-corrected chi connectivity index (χ3v) is 2.76. The fourth-order valence-electron chi connectivity index (χ4n) is 1.59. The molecule has 0 radical (unpaired) electrons. The van der Waals surface area contributed by atoms with Crippen LogP contribution in [0.3, 0.4) is 0 Å². The Morgan fingerprint density at radius 3 is 2.86 bits per heavy atom. The van der Waals surface area contributed by atoms with Gasteiger partial charge in [0.15, 0.2) is 0 Å². The summed E-state index contributed by atoms with van der Waals surface area (Å²) in [5.74, 6) is -1.42. The second kappa shape index (κ2) is 3.33. The van der Waals surface area contributed by atoms with Crippen molar-refractivity contribution < 1.29 is 9.90 Å². The molecule has 1 aromatic carbocycles. The first-order valence-electron chi connectivity index (χ1n) is 4.05. The van der Waals surface area contributed by atoms with Crippen LogP contribution in [0, 0.1) is 0 Å². The van der Waals surface area contributed by atoms with Crippen LogP contribution >= 0.6 is 23.2 Å². The Hall–Kier alpha value is -0.930. The second-order valence-corrected chi connectivity index (χ2v) is 3.97. The van der Waals surface area contributed by atoms with E-state index in [0.717, 1.165) is 0 Å². The van der Waals surface area contributed by atoms with Gasteiger partial charge in [-0.15, -0.1) is 0 Å². The number of benzene rings is 1. The summed E-state index contributed by atoms with van der Waals surface area (Å²) in [6, 6.07) is 3.24. The van der Waals surface area contributed by atoms with E-state index in [9.17, 15) is 4.79 Å². The molecule has 1 aliphatic rings. The number of hydrogen-bond acceptors (Lipinski definition) is 2. The lowest BCUT2D eigenvalue weighted by molar-refractivity contribution is -0.138. The first-order valence-corrected chi connectivity index (χ1v) is 4.81. The third kappa shape index (κ3) is 1.42. The SMILES string of the molecule is O=C(O)C1CNc2c(Cl)cc(Cl)cc21. The van der Waals surface area contributed by atoms with Gasteiger partial charge < -0.3 is 10.4 Å². The van der Waals surface area contributed by atoms with Crippen molar-refractivity contribution in [1.82, 2.24) is 0 Å². The monoisotopic (exact) mass is 231 g/mol. The Bertz CT molecular complexity index is 406. The highest BCUT2D eigenvalue weighted by Gasteiger charge is 2.30. The van der Waals surface area contributed by atoms with Gasteiger partial charge in [0.05, 0.1) is 10.7 Å². The van der Waals surface area contributed by atoms with E-state index in [2.05, 4.69) is 5.32 Å². The normalized spacial score (nSPS) is 18.9. The summed E-state index contributed by atoms with van der Waals surface area (Å²) in [5, 5.41) is 12.8. The Kier molecular flexibility index (Phi) is 2.29. The number of carbonyl (C=O) groups is 1. The summed E-state index contributed by atoms with van der Waals surface area (Å²) >= 11 is 11.7. The summed E-state index contributed by atoms with van der Waals surface area (Å²) < 4.78 is 0. The predicted molar refractivity (Wildman–Crippen MR) is 55.3 cm³/mol. The van der Waals surface area contributed by atoms with Crippen molar-refractivity contribution in [1.29, 1.82) is 0 Å². The van der Waals surface area contributed by atoms with Crippen molar-refractivity contribution in [2.75, 3.05) is 11.9 Å². The van der Waals surface area contributed by atoms with Gasteiger partial charge in [-0.05, 0) is 17.7 Å². The molecule has 1 heterocycles. The lowest BCUT2D eigenvalue weighted by Gasteiger charge is -2.05. The van der Waals surface area contributed by atoms with Crippen LogP contribution in [-0.4, -0.2) is 17.6 Å². The number of nitrogens with one attached hydrogen (secondary N) is 1. The van der Waals surface area contributed by atoms with Gasteiger partial charge in [-0.2, -0.15) is 0 Å². The van der Waals surface area contributed by atoms with Gasteiger partial charge in [0, 0.05) is 11.6 Å². The number of fused-ring (bicyclic) bond motifs is 1. The second-order valence-electron chi connectivity index (χ2n) is 3.12. The van der Waals surface area contributed by atoms with Crippen LogP contribution < -0.4 is 5.32 Å². The molecular formula is C9H7Cl2NO2. The molecule has 1 aromatic rings. The molecule has 0 amide bonds.